The van der Waals surface area contributed by atoms with Crippen LogP contribution < -0.4 is 10.6 Å². The number of nitrogens with one attached hydrogen (secondary N) is 2. The summed E-state index contributed by atoms with van der Waals surface area (Å²) in [5, 5.41) is 5.81. The number of nitrogens with zero attached hydrogens (tertiary/aromatic N) is 2. The van der Waals surface area contributed by atoms with Gasteiger partial charge in [0.1, 0.15) is 0 Å². The summed E-state index contributed by atoms with van der Waals surface area (Å²) in [7, 11) is 0. The Hall–Kier alpha value is -3.35. The lowest BCUT2D eigenvalue weighted by atomic mass is 10.1. The molecule has 0 aromatic heterocycles. The van der Waals surface area contributed by atoms with E-state index in [-0.39, 0.29) is 23.4 Å². The smallest absolute Gasteiger partial charge is 0.321 e. The van der Waals surface area contributed by atoms with E-state index >= 15 is 0 Å². The summed E-state index contributed by atoms with van der Waals surface area (Å²) in [4.78, 5) is 41.0. The number of carbonyl (C=O) groups is 3. The predicted octanol–water partition coefficient (Wildman–Crippen LogP) is 3.51. The zero-order valence-corrected chi connectivity index (χ0v) is 18.6. The monoisotopic (exact) mass is 422 g/mol. The fourth-order valence-electron chi connectivity index (χ4n) is 3.40. The van der Waals surface area contributed by atoms with E-state index in [9.17, 15) is 14.4 Å². The summed E-state index contributed by atoms with van der Waals surface area (Å²) in [6, 6.07) is 14.2. The van der Waals surface area contributed by atoms with Gasteiger partial charge in [0.15, 0.2) is 0 Å². The fraction of sp³-hybridized carbons (Fsp3) is 0.375. The van der Waals surface area contributed by atoms with Crippen LogP contribution in [0.2, 0.25) is 0 Å². The van der Waals surface area contributed by atoms with Crippen LogP contribution in [0.4, 0.5) is 10.5 Å². The SMILES string of the molecule is Cc1cccc(NC(=O)N2CCN(C(=O)c3ccc(C(=O)NC(C)(C)C)cc3)CC2)c1. The van der Waals surface area contributed by atoms with Gasteiger partial charge in [-0.15, -0.1) is 0 Å². The number of piperazine rings is 1. The molecule has 1 aliphatic heterocycles. The Morgan fingerprint density at radius 2 is 1.42 bits per heavy atom. The van der Waals surface area contributed by atoms with Crippen molar-refractivity contribution in [2.45, 2.75) is 33.2 Å². The third-order valence-corrected chi connectivity index (χ3v) is 5.01. The lowest BCUT2D eigenvalue weighted by molar-refractivity contribution is 0.0671. The van der Waals surface area contributed by atoms with Crippen LogP contribution in [0.25, 0.3) is 0 Å². The van der Waals surface area contributed by atoms with Gasteiger partial charge in [-0.3, -0.25) is 9.59 Å². The number of amides is 4. The second kappa shape index (κ2) is 9.20. The van der Waals surface area contributed by atoms with Crippen molar-refractivity contribution in [2.24, 2.45) is 0 Å². The Balaban J connectivity index is 1.54. The third kappa shape index (κ3) is 6.07. The highest BCUT2D eigenvalue weighted by Gasteiger charge is 2.25. The van der Waals surface area contributed by atoms with Crippen LogP contribution in [0.5, 0.6) is 0 Å². The van der Waals surface area contributed by atoms with Gasteiger partial charge in [-0.2, -0.15) is 0 Å². The van der Waals surface area contributed by atoms with Gasteiger partial charge in [0.05, 0.1) is 0 Å². The molecule has 1 fully saturated rings. The minimum absolute atomic E-state index is 0.0958. The lowest BCUT2D eigenvalue weighted by Crippen LogP contribution is -2.51. The first-order chi connectivity index (χ1) is 14.6. The first kappa shape index (κ1) is 22.3. The maximum absolute atomic E-state index is 12.8. The van der Waals surface area contributed by atoms with E-state index in [1.807, 2.05) is 52.0 Å². The van der Waals surface area contributed by atoms with Gasteiger partial charge in [0, 0.05) is 48.5 Å². The van der Waals surface area contributed by atoms with Gasteiger partial charge in [0.2, 0.25) is 0 Å². The number of rotatable bonds is 3. The van der Waals surface area contributed by atoms with E-state index in [0.29, 0.717) is 37.3 Å². The van der Waals surface area contributed by atoms with Gasteiger partial charge in [-0.25, -0.2) is 4.79 Å². The zero-order valence-electron chi connectivity index (χ0n) is 18.6. The molecule has 1 heterocycles. The first-order valence-corrected chi connectivity index (χ1v) is 10.5. The van der Waals surface area contributed by atoms with Crippen molar-refractivity contribution >= 4 is 23.5 Å². The highest BCUT2D eigenvalue weighted by atomic mass is 16.2. The molecule has 7 nitrogen and oxygen atoms in total. The Kier molecular flexibility index (Phi) is 6.63. The van der Waals surface area contributed by atoms with Crippen LogP contribution in [-0.2, 0) is 0 Å². The van der Waals surface area contributed by atoms with Crippen molar-refractivity contribution in [3.8, 4) is 0 Å². The quantitative estimate of drug-likeness (QED) is 0.794. The number of carbonyl (C=O) groups excluding carboxylic acids is 3. The molecular weight excluding hydrogens is 392 g/mol. The van der Waals surface area contributed by atoms with Crippen LogP contribution in [0.1, 0.15) is 47.1 Å². The molecule has 0 unspecified atom stereocenters. The summed E-state index contributed by atoms with van der Waals surface area (Å²) in [5.41, 5.74) is 2.57. The Morgan fingerprint density at radius 3 is 2.00 bits per heavy atom. The molecule has 0 radical (unpaired) electrons. The van der Waals surface area contributed by atoms with Crippen molar-refractivity contribution in [2.75, 3.05) is 31.5 Å². The third-order valence-electron chi connectivity index (χ3n) is 5.01. The highest BCUT2D eigenvalue weighted by molar-refractivity contribution is 5.98. The molecular formula is C24H30N4O3. The summed E-state index contributed by atoms with van der Waals surface area (Å²) in [5.74, 6) is -0.263. The van der Waals surface area contributed by atoms with Gasteiger partial charge < -0.3 is 20.4 Å². The molecule has 0 atom stereocenters. The average Bonchev–Trinajstić information content (AvgIpc) is 2.72. The van der Waals surface area contributed by atoms with Crippen LogP contribution >= 0.6 is 0 Å². The molecule has 2 aromatic rings. The number of urea groups is 1. The van der Waals surface area contributed by atoms with E-state index in [0.717, 1.165) is 11.3 Å². The second-order valence-corrected chi connectivity index (χ2v) is 8.86. The Labute approximate surface area is 183 Å². The van der Waals surface area contributed by atoms with E-state index in [1.165, 1.54) is 0 Å². The molecule has 0 aliphatic carbocycles. The van der Waals surface area contributed by atoms with Crippen molar-refractivity contribution < 1.29 is 14.4 Å². The molecule has 0 bridgehead atoms. The lowest BCUT2D eigenvalue weighted by Gasteiger charge is -2.34. The molecule has 0 saturated carbocycles. The average molecular weight is 423 g/mol. The molecule has 164 valence electrons. The molecule has 3 rings (SSSR count). The minimum atomic E-state index is -0.323. The molecule has 31 heavy (non-hydrogen) atoms. The molecule has 2 N–H and O–H groups in total. The fourth-order valence-corrected chi connectivity index (χ4v) is 3.40. The van der Waals surface area contributed by atoms with E-state index < -0.39 is 0 Å². The Morgan fingerprint density at radius 1 is 0.839 bits per heavy atom. The Bertz CT molecular complexity index is 956. The zero-order chi connectivity index (χ0) is 22.6. The highest BCUT2D eigenvalue weighted by Crippen LogP contribution is 2.14. The molecule has 1 aliphatic rings. The first-order valence-electron chi connectivity index (χ1n) is 10.5. The largest absolute Gasteiger partial charge is 0.347 e. The van der Waals surface area contributed by atoms with Gasteiger partial charge >= 0.3 is 6.03 Å². The van der Waals surface area contributed by atoms with Crippen molar-refractivity contribution in [3.63, 3.8) is 0 Å². The minimum Gasteiger partial charge on any atom is -0.347 e. The van der Waals surface area contributed by atoms with Gasteiger partial charge in [-0.1, -0.05) is 12.1 Å². The molecule has 7 heteroatoms. The van der Waals surface area contributed by atoms with Crippen LogP contribution in [0, 0.1) is 6.92 Å². The standard InChI is InChI=1S/C24H30N4O3/c1-17-6-5-7-20(16-17)25-23(31)28-14-12-27(13-15-28)22(30)19-10-8-18(9-11-19)21(29)26-24(2,3)4/h5-11,16H,12-15H2,1-4H3,(H,25,31)(H,26,29). The molecule has 4 amide bonds. The van der Waals surface area contributed by atoms with E-state index in [1.54, 1.807) is 34.1 Å². The molecule has 0 spiro atoms. The summed E-state index contributed by atoms with van der Waals surface area (Å²) in [6.07, 6.45) is 0. The topological polar surface area (TPSA) is 81.8 Å². The summed E-state index contributed by atoms with van der Waals surface area (Å²) < 4.78 is 0. The maximum atomic E-state index is 12.8. The van der Waals surface area contributed by atoms with Gasteiger partial charge in [0.25, 0.3) is 11.8 Å². The number of hydrogen-bond donors (Lipinski definition) is 2. The number of benzene rings is 2. The number of anilines is 1. The van der Waals surface area contributed by atoms with Crippen LogP contribution in [0.3, 0.4) is 0 Å². The van der Waals surface area contributed by atoms with E-state index in [2.05, 4.69) is 10.6 Å². The number of hydrogen-bond acceptors (Lipinski definition) is 3. The maximum Gasteiger partial charge on any atom is 0.321 e. The normalized spacial score (nSPS) is 14.2. The van der Waals surface area contributed by atoms with Crippen molar-refractivity contribution in [3.05, 3.63) is 65.2 Å². The summed E-state index contributed by atoms with van der Waals surface area (Å²) in [6.45, 7) is 9.60. The second-order valence-electron chi connectivity index (χ2n) is 8.86. The number of aryl methyl sites for hydroxylation is 1. The summed E-state index contributed by atoms with van der Waals surface area (Å²) >= 11 is 0. The molecule has 2 aromatic carbocycles. The van der Waals surface area contributed by atoms with Crippen molar-refractivity contribution in [1.29, 1.82) is 0 Å². The van der Waals surface area contributed by atoms with Crippen molar-refractivity contribution in [1.82, 2.24) is 15.1 Å². The van der Waals surface area contributed by atoms with Crippen LogP contribution in [0.15, 0.2) is 48.5 Å². The van der Waals surface area contributed by atoms with Crippen LogP contribution in [-0.4, -0.2) is 59.4 Å². The van der Waals surface area contributed by atoms with Gasteiger partial charge in [-0.05, 0) is 69.7 Å². The van der Waals surface area contributed by atoms with E-state index in [4.69, 9.17) is 0 Å². The predicted molar refractivity (Wildman–Crippen MR) is 121 cm³/mol. The molecule has 1 saturated heterocycles.